The minimum Gasteiger partial charge on any atom is -0.464 e. The molecule has 0 spiro atoms. The van der Waals surface area contributed by atoms with Crippen LogP contribution in [-0.2, 0) is 4.74 Å². The SMILES string of the molecule is COC(=O)c1nn(-c2cc(Br)c(F)cc2F)ccc1=O. The number of nitrogens with zero attached hydrogens (tertiary/aromatic N) is 2. The van der Waals surface area contributed by atoms with Crippen LogP contribution in [0.4, 0.5) is 8.78 Å². The lowest BCUT2D eigenvalue weighted by Gasteiger charge is -2.08. The predicted molar refractivity (Wildman–Crippen MR) is 68.8 cm³/mol. The number of halogens is 3. The molecule has 0 radical (unpaired) electrons. The zero-order valence-electron chi connectivity index (χ0n) is 10.1. The molecule has 0 N–H and O–H groups in total. The van der Waals surface area contributed by atoms with Crippen LogP contribution in [0.1, 0.15) is 10.5 Å². The summed E-state index contributed by atoms with van der Waals surface area (Å²) in [5, 5.41) is 3.69. The van der Waals surface area contributed by atoms with Crippen molar-refractivity contribution < 1.29 is 18.3 Å². The lowest BCUT2D eigenvalue weighted by atomic mass is 10.3. The third-order valence-corrected chi connectivity index (χ3v) is 3.03. The molecule has 1 heterocycles. The van der Waals surface area contributed by atoms with E-state index in [2.05, 4.69) is 25.8 Å². The first-order valence-corrected chi connectivity index (χ1v) is 6.06. The van der Waals surface area contributed by atoms with Crippen molar-refractivity contribution in [1.29, 1.82) is 0 Å². The Kier molecular flexibility index (Phi) is 3.93. The van der Waals surface area contributed by atoms with Crippen molar-refractivity contribution in [1.82, 2.24) is 9.78 Å². The van der Waals surface area contributed by atoms with E-state index in [1.54, 1.807) is 0 Å². The molecule has 1 aromatic heterocycles. The molecule has 0 aliphatic rings. The van der Waals surface area contributed by atoms with Gasteiger partial charge in [0, 0.05) is 18.3 Å². The third-order valence-electron chi connectivity index (χ3n) is 2.42. The van der Waals surface area contributed by atoms with Crippen LogP contribution >= 0.6 is 15.9 Å². The lowest BCUT2D eigenvalue weighted by molar-refractivity contribution is 0.0590. The molecule has 0 saturated heterocycles. The Labute approximate surface area is 119 Å². The van der Waals surface area contributed by atoms with Gasteiger partial charge in [0.1, 0.15) is 11.5 Å². The zero-order valence-corrected chi connectivity index (χ0v) is 11.6. The van der Waals surface area contributed by atoms with E-state index in [0.717, 1.165) is 30.1 Å². The largest absolute Gasteiger partial charge is 0.464 e. The number of esters is 1. The third kappa shape index (κ3) is 2.60. The molecule has 0 aliphatic carbocycles. The summed E-state index contributed by atoms with van der Waals surface area (Å²) in [6.45, 7) is 0. The maximum Gasteiger partial charge on any atom is 0.362 e. The number of rotatable bonds is 2. The Hall–Kier alpha value is -2.09. The first kappa shape index (κ1) is 14.3. The second-order valence-corrected chi connectivity index (χ2v) is 4.54. The van der Waals surface area contributed by atoms with Gasteiger partial charge in [-0.25, -0.2) is 18.3 Å². The van der Waals surface area contributed by atoms with Crippen LogP contribution in [0.25, 0.3) is 5.69 Å². The van der Waals surface area contributed by atoms with Crippen molar-refractivity contribution in [3.63, 3.8) is 0 Å². The molecular weight excluding hydrogens is 338 g/mol. The first-order valence-electron chi connectivity index (χ1n) is 5.27. The average molecular weight is 345 g/mol. The first-order chi connectivity index (χ1) is 9.43. The van der Waals surface area contributed by atoms with E-state index in [0.29, 0.717) is 6.07 Å². The van der Waals surface area contributed by atoms with Gasteiger partial charge in [0.25, 0.3) is 0 Å². The summed E-state index contributed by atoms with van der Waals surface area (Å²) in [7, 11) is 1.09. The number of hydrogen-bond acceptors (Lipinski definition) is 4. The van der Waals surface area contributed by atoms with Crippen LogP contribution < -0.4 is 5.43 Å². The van der Waals surface area contributed by atoms with Gasteiger partial charge in [0.15, 0.2) is 5.82 Å². The van der Waals surface area contributed by atoms with E-state index in [1.807, 2.05) is 0 Å². The minimum absolute atomic E-state index is 0.0222. The number of benzene rings is 1. The van der Waals surface area contributed by atoms with E-state index < -0.39 is 28.7 Å². The van der Waals surface area contributed by atoms with Gasteiger partial charge in [-0.2, -0.15) is 5.10 Å². The van der Waals surface area contributed by atoms with Crippen LogP contribution in [0, 0.1) is 11.6 Å². The topological polar surface area (TPSA) is 61.2 Å². The average Bonchev–Trinajstić information content (AvgIpc) is 2.43. The number of aromatic nitrogens is 2. The number of carbonyl (C=O) groups excluding carboxylic acids is 1. The van der Waals surface area contributed by atoms with Crippen LogP contribution in [0.3, 0.4) is 0 Å². The number of hydrogen-bond donors (Lipinski definition) is 0. The summed E-state index contributed by atoms with van der Waals surface area (Å²) in [4.78, 5) is 22.8. The molecule has 8 heteroatoms. The van der Waals surface area contributed by atoms with E-state index >= 15 is 0 Å². The predicted octanol–water partition coefficient (Wildman–Crippen LogP) is 2.06. The quantitative estimate of drug-likeness (QED) is 0.618. The Morgan fingerprint density at radius 2 is 2.05 bits per heavy atom. The molecule has 0 saturated carbocycles. The second-order valence-electron chi connectivity index (χ2n) is 3.68. The molecule has 0 amide bonds. The highest BCUT2D eigenvalue weighted by molar-refractivity contribution is 9.10. The van der Waals surface area contributed by atoms with Gasteiger partial charge >= 0.3 is 5.97 Å². The lowest BCUT2D eigenvalue weighted by Crippen LogP contribution is -2.22. The van der Waals surface area contributed by atoms with Crippen LogP contribution in [-0.4, -0.2) is 22.9 Å². The highest BCUT2D eigenvalue weighted by atomic mass is 79.9. The minimum atomic E-state index is -0.939. The molecule has 20 heavy (non-hydrogen) atoms. The van der Waals surface area contributed by atoms with Gasteiger partial charge in [-0.15, -0.1) is 0 Å². The summed E-state index contributed by atoms with van der Waals surface area (Å²) in [5.41, 5.74) is -1.27. The molecular formula is C12H7BrF2N2O3. The fourth-order valence-electron chi connectivity index (χ4n) is 1.47. The van der Waals surface area contributed by atoms with Crippen molar-refractivity contribution in [2.75, 3.05) is 7.11 Å². The van der Waals surface area contributed by atoms with Crippen molar-refractivity contribution in [3.05, 3.63) is 56.4 Å². The van der Waals surface area contributed by atoms with Gasteiger partial charge in [-0.1, -0.05) is 0 Å². The molecule has 1 aromatic carbocycles. The molecule has 0 fully saturated rings. The molecule has 5 nitrogen and oxygen atoms in total. The second kappa shape index (κ2) is 5.49. The molecule has 0 unspecified atom stereocenters. The number of methoxy groups -OCH3 is 1. The van der Waals surface area contributed by atoms with E-state index in [1.165, 1.54) is 0 Å². The standard InChI is InChI=1S/C12H7BrF2N2O3/c1-20-12(19)11-10(18)2-3-17(16-11)9-4-6(13)7(14)5-8(9)15/h2-5H,1H3. The van der Waals surface area contributed by atoms with Gasteiger partial charge < -0.3 is 4.74 Å². The van der Waals surface area contributed by atoms with Crippen LogP contribution in [0.5, 0.6) is 0 Å². The Morgan fingerprint density at radius 3 is 2.70 bits per heavy atom. The van der Waals surface area contributed by atoms with E-state index in [4.69, 9.17) is 0 Å². The van der Waals surface area contributed by atoms with Crippen molar-refractivity contribution >= 4 is 21.9 Å². The molecule has 2 rings (SSSR count). The Bertz CT molecular complexity index is 746. The maximum atomic E-state index is 13.7. The summed E-state index contributed by atoms with van der Waals surface area (Å²) in [5.74, 6) is -2.61. The van der Waals surface area contributed by atoms with Gasteiger partial charge in [0.2, 0.25) is 11.1 Å². The highest BCUT2D eigenvalue weighted by Gasteiger charge is 2.16. The number of carbonyl (C=O) groups is 1. The monoisotopic (exact) mass is 344 g/mol. The van der Waals surface area contributed by atoms with Crippen LogP contribution in [0.15, 0.2) is 33.7 Å². The summed E-state index contributed by atoms with van der Waals surface area (Å²) < 4.78 is 32.3. The molecule has 0 bridgehead atoms. The van der Waals surface area contributed by atoms with Crippen molar-refractivity contribution in [2.45, 2.75) is 0 Å². The van der Waals surface area contributed by atoms with Gasteiger partial charge in [-0.3, -0.25) is 4.79 Å². The van der Waals surface area contributed by atoms with Crippen molar-refractivity contribution in [3.8, 4) is 5.69 Å². The maximum absolute atomic E-state index is 13.7. The van der Waals surface area contributed by atoms with E-state index in [-0.39, 0.29) is 10.2 Å². The summed E-state index contributed by atoms with van der Waals surface area (Å²) >= 11 is 2.92. The molecule has 104 valence electrons. The summed E-state index contributed by atoms with van der Waals surface area (Å²) in [6.07, 6.45) is 1.16. The number of ether oxygens (including phenoxy) is 1. The van der Waals surface area contributed by atoms with Crippen molar-refractivity contribution in [2.24, 2.45) is 0 Å². The smallest absolute Gasteiger partial charge is 0.362 e. The normalized spacial score (nSPS) is 10.4. The van der Waals surface area contributed by atoms with Gasteiger partial charge in [-0.05, 0) is 22.0 Å². The molecule has 0 aliphatic heterocycles. The fourth-order valence-corrected chi connectivity index (χ4v) is 1.80. The highest BCUT2D eigenvalue weighted by Crippen LogP contribution is 2.22. The molecule has 0 atom stereocenters. The van der Waals surface area contributed by atoms with Gasteiger partial charge in [0.05, 0.1) is 11.6 Å². The fraction of sp³-hybridized carbons (Fsp3) is 0.0833. The van der Waals surface area contributed by atoms with E-state index in [9.17, 15) is 18.4 Å². The summed E-state index contributed by atoms with van der Waals surface area (Å²) in [6, 6.07) is 2.84. The molecule has 2 aromatic rings. The Morgan fingerprint density at radius 1 is 1.35 bits per heavy atom. The zero-order chi connectivity index (χ0) is 14.9. The Balaban J connectivity index is 2.62. The van der Waals surface area contributed by atoms with Crippen LogP contribution in [0.2, 0.25) is 0 Å².